The molecule has 0 bridgehead atoms. The number of alkyl halides is 3. The van der Waals surface area contributed by atoms with Crippen molar-refractivity contribution in [3.63, 3.8) is 0 Å². The summed E-state index contributed by atoms with van der Waals surface area (Å²) in [5.41, 5.74) is 2.67. The Morgan fingerprint density at radius 3 is 2.40 bits per heavy atom. The first-order chi connectivity index (χ1) is 9.23. The normalized spacial score (nSPS) is 13.8. The van der Waals surface area contributed by atoms with Crippen LogP contribution in [0.5, 0.6) is 0 Å². The average molecular weight is 289 g/mol. The predicted octanol–water partition coefficient (Wildman–Crippen LogP) is 3.61. The van der Waals surface area contributed by atoms with Crippen LogP contribution in [0.15, 0.2) is 18.2 Å². The number of aliphatic hydroxyl groups excluding tert-OH is 1. The lowest BCUT2D eigenvalue weighted by Crippen LogP contribution is -2.37. The molecule has 0 heterocycles. The van der Waals surface area contributed by atoms with Crippen molar-refractivity contribution in [2.75, 3.05) is 19.6 Å². The van der Waals surface area contributed by atoms with Crippen molar-refractivity contribution < 1.29 is 18.3 Å². The Labute approximate surface area is 118 Å². The summed E-state index contributed by atoms with van der Waals surface area (Å²) in [5.74, 6) is 0. The Hall–Kier alpha value is -1.07. The molecule has 2 nitrogen and oxygen atoms in total. The number of benzene rings is 1. The van der Waals surface area contributed by atoms with Gasteiger partial charge in [-0.05, 0) is 37.9 Å². The summed E-state index contributed by atoms with van der Waals surface area (Å²) in [5, 5.41) is 10.2. The van der Waals surface area contributed by atoms with Crippen LogP contribution in [0.3, 0.4) is 0 Å². The molecule has 1 rings (SSSR count). The molecule has 1 N–H and O–H groups in total. The molecule has 1 unspecified atom stereocenters. The van der Waals surface area contributed by atoms with Gasteiger partial charge in [0.1, 0.15) is 0 Å². The minimum atomic E-state index is -4.24. The average Bonchev–Trinajstić information content (AvgIpc) is 2.26. The summed E-state index contributed by atoms with van der Waals surface area (Å²) in [4.78, 5) is 1.25. The Morgan fingerprint density at radius 2 is 1.90 bits per heavy atom. The topological polar surface area (TPSA) is 23.5 Å². The molecule has 1 aromatic rings. The fourth-order valence-corrected chi connectivity index (χ4v) is 2.35. The van der Waals surface area contributed by atoms with Gasteiger partial charge in [-0.25, -0.2) is 0 Å². The first-order valence-electron chi connectivity index (χ1n) is 6.77. The number of aryl methyl sites for hydroxylation is 2. The maximum atomic E-state index is 12.5. The molecule has 1 atom stereocenters. The Morgan fingerprint density at radius 1 is 1.25 bits per heavy atom. The van der Waals surface area contributed by atoms with Gasteiger partial charge < -0.3 is 5.11 Å². The van der Waals surface area contributed by atoms with E-state index in [9.17, 15) is 18.3 Å². The van der Waals surface area contributed by atoms with E-state index in [0.717, 1.165) is 11.1 Å². The van der Waals surface area contributed by atoms with Crippen LogP contribution in [0.4, 0.5) is 13.2 Å². The molecule has 0 amide bonds. The maximum Gasteiger partial charge on any atom is 0.401 e. The van der Waals surface area contributed by atoms with Crippen molar-refractivity contribution in [3.8, 4) is 0 Å². The van der Waals surface area contributed by atoms with E-state index < -0.39 is 18.8 Å². The monoisotopic (exact) mass is 289 g/mol. The number of halogens is 3. The number of hydrogen-bond acceptors (Lipinski definition) is 2. The Balaban J connectivity index is 2.76. The highest BCUT2D eigenvalue weighted by Gasteiger charge is 2.31. The highest BCUT2D eigenvalue weighted by molar-refractivity contribution is 5.32. The quantitative estimate of drug-likeness (QED) is 0.864. The zero-order valence-corrected chi connectivity index (χ0v) is 12.2. The number of nitrogens with zero attached hydrogens (tertiary/aromatic N) is 1. The van der Waals surface area contributed by atoms with Crippen LogP contribution < -0.4 is 0 Å². The summed E-state index contributed by atoms with van der Waals surface area (Å²) in [6.07, 6.45) is -4.52. The molecule has 0 aliphatic heterocycles. The van der Waals surface area contributed by atoms with Gasteiger partial charge in [0.2, 0.25) is 0 Å². The van der Waals surface area contributed by atoms with E-state index in [4.69, 9.17) is 0 Å². The second-order valence-corrected chi connectivity index (χ2v) is 5.23. The van der Waals surface area contributed by atoms with Gasteiger partial charge in [-0.2, -0.15) is 13.2 Å². The number of hydrogen-bond donors (Lipinski definition) is 1. The van der Waals surface area contributed by atoms with E-state index >= 15 is 0 Å². The zero-order chi connectivity index (χ0) is 15.3. The van der Waals surface area contributed by atoms with Crippen LogP contribution in [0, 0.1) is 13.8 Å². The van der Waals surface area contributed by atoms with Crippen LogP contribution >= 0.6 is 0 Å². The first-order valence-corrected chi connectivity index (χ1v) is 6.77. The summed E-state index contributed by atoms with van der Waals surface area (Å²) >= 11 is 0. The molecule has 0 radical (unpaired) electrons. The van der Waals surface area contributed by atoms with Crippen LogP contribution in [0.2, 0.25) is 0 Å². The molecule has 0 aromatic heterocycles. The van der Waals surface area contributed by atoms with Gasteiger partial charge >= 0.3 is 6.18 Å². The molecule has 0 saturated carbocycles. The van der Waals surface area contributed by atoms with E-state index in [0.29, 0.717) is 18.5 Å². The van der Waals surface area contributed by atoms with Gasteiger partial charge in [0.15, 0.2) is 0 Å². The fraction of sp³-hybridized carbons (Fsp3) is 0.600. The molecule has 0 aliphatic rings. The van der Waals surface area contributed by atoms with Gasteiger partial charge in [-0.1, -0.05) is 30.7 Å². The van der Waals surface area contributed by atoms with E-state index in [1.807, 2.05) is 32.9 Å². The number of aliphatic hydroxyl groups is 1. The zero-order valence-electron chi connectivity index (χ0n) is 12.2. The van der Waals surface area contributed by atoms with E-state index in [2.05, 4.69) is 0 Å². The van der Waals surface area contributed by atoms with Crippen molar-refractivity contribution in [3.05, 3.63) is 34.9 Å². The largest absolute Gasteiger partial charge is 0.401 e. The molecule has 0 aliphatic carbocycles. The second-order valence-electron chi connectivity index (χ2n) is 5.23. The third kappa shape index (κ3) is 5.51. The van der Waals surface area contributed by atoms with Crippen molar-refractivity contribution in [2.45, 2.75) is 39.5 Å². The molecule has 5 heteroatoms. The molecule has 114 valence electrons. The lowest BCUT2D eigenvalue weighted by atomic mass is 10.0. The third-order valence-electron chi connectivity index (χ3n) is 3.16. The standard InChI is InChI=1S/C15H22F3NO/c1-4-7-19(10-15(16,17)18)9-14(20)13-6-5-11(2)8-12(13)3/h5-6,8,14,20H,4,7,9-10H2,1-3H3. The predicted molar refractivity (Wildman–Crippen MR) is 73.7 cm³/mol. The molecule has 1 aromatic carbocycles. The van der Waals surface area contributed by atoms with Crippen LogP contribution in [0.1, 0.15) is 36.1 Å². The summed E-state index contributed by atoms with van der Waals surface area (Å²) < 4.78 is 37.5. The molecular formula is C15H22F3NO. The summed E-state index contributed by atoms with van der Waals surface area (Å²) in [6.45, 7) is 4.96. The minimum Gasteiger partial charge on any atom is -0.387 e. The van der Waals surface area contributed by atoms with E-state index in [1.165, 1.54) is 4.90 Å². The number of rotatable bonds is 6. The molecule has 0 fully saturated rings. The maximum absolute atomic E-state index is 12.5. The Kier molecular flexibility index (Phi) is 6.02. The Bertz CT molecular complexity index is 432. The summed E-state index contributed by atoms with van der Waals surface area (Å²) in [6, 6.07) is 5.57. The second kappa shape index (κ2) is 7.09. The van der Waals surface area contributed by atoms with Crippen LogP contribution in [-0.4, -0.2) is 35.8 Å². The van der Waals surface area contributed by atoms with Crippen molar-refractivity contribution in [2.24, 2.45) is 0 Å². The fourth-order valence-electron chi connectivity index (χ4n) is 2.35. The van der Waals surface area contributed by atoms with Crippen molar-refractivity contribution in [1.82, 2.24) is 4.90 Å². The highest BCUT2D eigenvalue weighted by Crippen LogP contribution is 2.22. The van der Waals surface area contributed by atoms with Crippen LogP contribution in [0.25, 0.3) is 0 Å². The SMILES string of the molecule is CCCN(CC(O)c1ccc(C)cc1C)CC(F)(F)F. The lowest BCUT2D eigenvalue weighted by Gasteiger charge is -2.26. The van der Waals surface area contributed by atoms with Crippen LogP contribution in [-0.2, 0) is 0 Å². The van der Waals surface area contributed by atoms with Crippen molar-refractivity contribution >= 4 is 0 Å². The van der Waals surface area contributed by atoms with Gasteiger partial charge in [0, 0.05) is 6.54 Å². The summed E-state index contributed by atoms with van der Waals surface area (Å²) in [7, 11) is 0. The highest BCUT2D eigenvalue weighted by atomic mass is 19.4. The smallest absolute Gasteiger partial charge is 0.387 e. The molecule has 20 heavy (non-hydrogen) atoms. The lowest BCUT2D eigenvalue weighted by molar-refractivity contribution is -0.148. The van der Waals surface area contributed by atoms with Crippen molar-refractivity contribution in [1.29, 1.82) is 0 Å². The molecular weight excluding hydrogens is 267 g/mol. The first kappa shape index (κ1) is 17.0. The minimum absolute atomic E-state index is 0.00273. The third-order valence-corrected chi connectivity index (χ3v) is 3.16. The van der Waals surface area contributed by atoms with Gasteiger partial charge in [0.25, 0.3) is 0 Å². The van der Waals surface area contributed by atoms with E-state index in [-0.39, 0.29) is 6.54 Å². The van der Waals surface area contributed by atoms with Gasteiger partial charge in [0.05, 0.1) is 12.6 Å². The van der Waals surface area contributed by atoms with Gasteiger partial charge in [-0.15, -0.1) is 0 Å². The van der Waals surface area contributed by atoms with E-state index in [1.54, 1.807) is 6.07 Å². The molecule has 0 saturated heterocycles. The van der Waals surface area contributed by atoms with Gasteiger partial charge in [-0.3, -0.25) is 4.90 Å². The molecule has 0 spiro atoms.